The van der Waals surface area contributed by atoms with E-state index in [2.05, 4.69) is 10.4 Å². The molecule has 1 saturated heterocycles. The molecule has 0 bridgehead atoms. The Morgan fingerprint density at radius 2 is 2.09 bits per heavy atom. The summed E-state index contributed by atoms with van der Waals surface area (Å²) in [5.41, 5.74) is -0.310. The van der Waals surface area contributed by atoms with Crippen molar-refractivity contribution in [3.63, 3.8) is 0 Å². The molecule has 1 amide bonds. The number of rotatable bonds is 5. The minimum atomic E-state index is -0.310. The first-order chi connectivity index (χ1) is 11.2. The lowest BCUT2D eigenvalue weighted by Gasteiger charge is -2.27. The summed E-state index contributed by atoms with van der Waals surface area (Å²) in [6.45, 7) is 2.85. The van der Waals surface area contributed by atoms with E-state index in [1.54, 1.807) is 24.5 Å². The summed E-state index contributed by atoms with van der Waals surface area (Å²) in [6.07, 6.45) is 1.54. The summed E-state index contributed by atoms with van der Waals surface area (Å²) >= 11 is 0. The number of furan rings is 1. The van der Waals surface area contributed by atoms with Gasteiger partial charge in [0.2, 0.25) is 5.91 Å². The molecule has 1 N–H and O–H groups in total. The Hall–Kier alpha value is -2.61. The van der Waals surface area contributed by atoms with Gasteiger partial charge in [-0.25, -0.2) is 4.68 Å². The van der Waals surface area contributed by atoms with Gasteiger partial charge in [0, 0.05) is 19.2 Å². The average Bonchev–Trinajstić information content (AvgIpc) is 3.09. The second-order valence-electron chi connectivity index (χ2n) is 5.14. The van der Waals surface area contributed by atoms with E-state index in [1.165, 1.54) is 10.7 Å². The quantitative estimate of drug-likeness (QED) is 0.834. The molecule has 8 nitrogen and oxygen atoms in total. The van der Waals surface area contributed by atoms with Gasteiger partial charge < -0.3 is 19.4 Å². The summed E-state index contributed by atoms with van der Waals surface area (Å²) in [4.78, 5) is 25.9. The zero-order valence-corrected chi connectivity index (χ0v) is 12.6. The van der Waals surface area contributed by atoms with Gasteiger partial charge in [0.25, 0.3) is 5.56 Å². The lowest BCUT2D eigenvalue weighted by Crippen LogP contribution is -2.39. The second kappa shape index (κ2) is 7.10. The molecule has 23 heavy (non-hydrogen) atoms. The third kappa shape index (κ3) is 3.98. The van der Waals surface area contributed by atoms with Gasteiger partial charge in [-0.1, -0.05) is 0 Å². The van der Waals surface area contributed by atoms with E-state index >= 15 is 0 Å². The fourth-order valence-electron chi connectivity index (χ4n) is 2.30. The predicted octanol–water partition coefficient (Wildman–Crippen LogP) is -0.0107. The van der Waals surface area contributed by atoms with Crippen LogP contribution in [0.5, 0.6) is 0 Å². The smallest absolute Gasteiger partial charge is 0.267 e. The molecule has 8 heteroatoms. The first-order valence-corrected chi connectivity index (χ1v) is 7.42. The van der Waals surface area contributed by atoms with Gasteiger partial charge in [-0.05, 0) is 18.2 Å². The average molecular weight is 318 g/mol. The van der Waals surface area contributed by atoms with Crippen LogP contribution in [0.3, 0.4) is 0 Å². The molecule has 3 rings (SSSR count). The highest BCUT2D eigenvalue weighted by Crippen LogP contribution is 2.09. The molecule has 0 radical (unpaired) electrons. The van der Waals surface area contributed by atoms with E-state index < -0.39 is 0 Å². The molecule has 1 aliphatic heterocycles. The number of hydrogen-bond donors (Lipinski definition) is 1. The Kier molecular flexibility index (Phi) is 4.72. The van der Waals surface area contributed by atoms with Crippen LogP contribution in [0.25, 0.3) is 0 Å². The van der Waals surface area contributed by atoms with Crippen molar-refractivity contribution in [2.75, 3.05) is 31.2 Å². The van der Waals surface area contributed by atoms with Crippen LogP contribution in [0, 0.1) is 0 Å². The number of carbonyl (C=O) groups excluding carboxylic acids is 1. The van der Waals surface area contributed by atoms with Gasteiger partial charge in [0.15, 0.2) is 0 Å². The molecular formula is C15H18N4O4. The Morgan fingerprint density at radius 1 is 1.26 bits per heavy atom. The summed E-state index contributed by atoms with van der Waals surface area (Å²) in [7, 11) is 0. The number of anilines is 1. The molecule has 0 unspecified atom stereocenters. The molecule has 122 valence electrons. The molecule has 2 aromatic rings. The third-order valence-electron chi connectivity index (χ3n) is 3.52. The lowest BCUT2D eigenvalue weighted by atomic mass is 10.4. The van der Waals surface area contributed by atoms with Gasteiger partial charge in [0.1, 0.15) is 18.1 Å². The third-order valence-corrected chi connectivity index (χ3v) is 3.52. The molecule has 0 aliphatic carbocycles. The highest BCUT2D eigenvalue weighted by Gasteiger charge is 2.14. The van der Waals surface area contributed by atoms with Crippen LogP contribution in [-0.4, -0.2) is 42.0 Å². The number of aromatic nitrogens is 2. The SMILES string of the molecule is O=C(Cn1nc(N2CCOCC2)ccc1=O)NCc1ccco1. The number of amides is 1. The number of carbonyl (C=O) groups is 1. The van der Waals surface area contributed by atoms with Gasteiger partial charge in [-0.15, -0.1) is 0 Å². The maximum atomic E-state index is 12.0. The minimum Gasteiger partial charge on any atom is -0.467 e. The summed E-state index contributed by atoms with van der Waals surface area (Å²) in [5, 5.41) is 6.96. The Labute approximate surface area is 132 Å². The van der Waals surface area contributed by atoms with Crippen molar-refractivity contribution in [3.8, 4) is 0 Å². The van der Waals surface area contributed by atoms with Crippen LogP contribution in [0.15, 0.2) is 39.7 Å². The van der Waals surface area contributed by atoms with Crippen molar-refractivity contribution in [1.29, 1.82) is 0 Å². The van der Waals surface area contributed by atoms with Gasteiger partial charge >= 0.3 is 0 Å². The number of nitrogens with one attached hydrogen (secondary N) is 1. The summed E-state index contributed by atoms with van der Waals surface area (Å²) in [5.74, 6) is 1.03. The highest BCUT2D eigenvalue weighted by molar-refractivity contribution is 5.75. The van der Waals surface area contributed by atoms with Crippen LogP contribution in [0.4, 0.5) is 5.82 Å². The number of nitrogens with zero attached hydrogens (tertiary/aromatic N) is 3. The second-order valence-corrected chi connectivity index (χ2v) is 5.14. The van der Waals surface area contributed by atoms with Crippen LogP contribution >= 0.6 is 0 Å². The Balaban J connectivity index is 1.64. The van der Waals surface area contributed by atoms with Gasteiger partial charge in [-0.2, -0.15) is 5.10 Å². The summed E-state index contributed by atoms with van der Waals surface area (Å²) < 4.78 is 11.6. The van der Waals surface area contributed by atoms with E-state index in [9.17, 15) is 9.59 Å². The van der Waals surface area contributed by atoms with Crippen molar-refractivity contribution in [2.24, 2.45) is 0 Å². The maximum Gasteiger partial charge on any atom is 0.267 e. The van der Waals surface area contributed by atoms with E-state index in [0.29, 0.717) is 24.8 Å². The monoisotopic (exact) mass is 318 g/mol. The fourth-order valence-corrected chi connectivity index (χ4v) is 2.30. The molecule has 1 fully saturated rings. The zero-order chi connectivity index (χ0) is 16.1. The van der Waals surface area contributed by atoms with E-state index in [-0.39, 0.29) is 24.6 Å². The fraction of sp³-hybridized carbons (Fsp3) is 0.400. The highest BCUT2D eigenvalue weighted by atomic mass is 16.5. The minimum absolute atomic E-state index is 0.127. The molecule has 0 aromatic carbocycles. The van der Waals surface area contributed by atoms with Crippen LogP contribution in [-0.2, 0) is 22.6 Å². The molecule has 2 aromatic heterocycles. The zero-order valence-electron chi connectivity index (χ0n) is 12.6. The van der Waals surface area contributed by atoms with Crippen LogP contribution in [0.2, 0.25) is 0 Å². The van der Waals surface area contributed by atoms with Crippen LogP contribution < -0.4 is 15.8 Å². The van der Waals surface area contributed by atoms with Crippen molar-refractivity contribution in [2.45, 2.75) is 13.1 Å². The van der Waals surface area contributed by atoms with Crippen molar-refractivity contribution in [3.05, 3.63) is 46.6 Å². The molecule has 0 spiro atoms. The molecular weight excluding hydrogens is 300 g/mol. The van der Waals surface area contributed by atoms with E-state index in [4.69, 9.17) is 9.15 Å². The summed E-state index contributed by atoms with van der Waals surface area (Å²) in [6, 6.07) is 6.62. The van der Waals surface area contributed by atoms with Crippen molar-refractivity contribution >= 4 is 11.7 Å². The van der Waals surface area contributed by atoms with Crippen molar-refractivity contribution in [1.82, 2.24) is 15.1 Å². The molecule has 0 atom stereocenters. The van der Waals surface area contributed by atoms with E-state index in [0.717, 1.165) is 13.1 Å². The molecule has 1 aliphatic rings. The Morgan fingerprint density at radius 3 is 2.83 bits per heavy atom. The van der Waals surface area contributed by atoms with Gasteiger partial charge in [0.05, 0.1) is 26.0 Å². The van der Waals surface area contributed by atoms with Crippen molar-refractivity contribution < 1.29 is 13.9 Å². The Bertz CT molecular complexity index is 705. The lowest BCUT2D eigenvalue weighted by molar-refractivity contribution is -0.122. The standard InChI is InChI=1S/C15H18N4O4/c20-14(16-10-12-2-1-7-23-12)11-19-15(21)4-3-13(17-19)18-5-8-22-9-6-18/h1-4,7H,5-6,8-11H2,(H,16,20). The first kappa shape index (κ1) is 15.3. The molecule has 0 saturated carbocycles. The largest absolute Gasteiger partial charge is 0.467 e. The van der Waals surface area contributed by atoms with Crippen LogP contribution in [0.1, 0.15) is 5.76 Å². The predicted molar refractivity (Wildman–Crippen MR) is 82.1 cm³/mol. The first-order valence-electron chi connectivity index (χ1n) is 7.42. The maximum absolute atomic E-state index is 12.0. The van der Waals surface area contributed by atoms with Gasteiger partial charge in [-0.3, -0.25) is 9.59 Å². The molecule has 3 heterocycles. The number of ether oxygens (including phenoxy) is 1. The van der Waals surface area contributed by atoms with E-state index in [1.807, 2.05) is 4.90 Å². The normalized spacial score (nSPS) is 14.7. The number of morpholine rings is 1. The number of hydrogen-bond acceptors (Lipinski definition) is 6. The topological polar surface area (TPSA) is 89.6 Å².